The molecule has 144 valence electrons. The van der Waals surface area contributed by atoms with Crippen molar-refractivity contribution in [1.29, 1.82) is 0 Å². The number of hydrogen-bond acceptors (Lipinski definition) is 5. The van der Waals surface area contributed by atoms with Crippen LogP contribution in [0.15, 0.2) is 16.8 Å². The van der Waals surface area contributed by atoms with Crippen LogP contribution < -0.4 is 0 Å². The van der Waals surface area contributed by atoms with Crippen LogP contribution in [0.25, 0.3) is 0 Å². The number of rotatable bonds is 15. The van der Waals surface area contributed by atoms with Gasteiger partial charge in [0.25, 0.3) is 0 Å². The molecule has 0 aromatic heterocycles. The van der Waals surface area contributed by atoms with Gasteiger partial charge in [-0.25, -0.2) is 4.79 Å². The lowest BCUT2D eigenvalue weighted by atomic mass is 9.90. The van der Waals surface area contributed by atoms with Crippen LogP contribution in [0, 0.1) is 5.92 Å². The first-order chi connectivity index (χ1) is 12.2. The van der Waals surface area contributed by atoms with Crippen LogP contribution in [0.4, 0.5) is 0 Å². The van der Waals surface area contributed by atoms with Gasteiger partial charge in [0.1, 0.15) is 7.11 Å². The van der Waals surface area contributed by atoms with Crippen LogP contribution in [-0.4, -0.2) is 30.7 Å². The van der Waals surface area contributed by atoms with Crippen LogP contribution in [-0.2, 0) is 14.4 Å². The van der Waals surface area contributed by atoms with Crippen LogP contribution in [0.5, 0.6) is 0 Å². The molecule has 0 aromatic carbocycles. The quantitative estimate of drug-likeness (QED) is 0.200. The lowest BCUT2D eigenvalue weighted by molar-refractivity contribution is -0.151. The van der Waals surface area contributed by atoms with E-state index in [1.54, 1.807) is 6.21 Å². The number of esters is 1. The number of carbonyl (C=O) groups is 1. The molecular formula is C20H35NO4. The number of unbranched alkanes of at least 4 members (excludes halogenated alkanes) is 9. The van der Waals surface area contributed by atoms with Gasteiger partial charge in [0, 0.05) is 17.9 Å². The molecular weight excluding hydrogens is 318 g/mol. The summed E-state index contributed by atoms with van der Waals surface area (Å²) in [6.45, 7) is 2.25. The molecule has 0 fully saturated rings. The number of nitrogens with zero attached hydrogens (tertiary/aromatic N) is 1. The Hall–Kier alpha value is -1.36. The molecule has 1 aliphatic rings. The van der Waals surface area contributed by atoms with Crippen molar-refractivity contribution in [2.24, 2.45) is 11.1 Å². The Morgan fingerprint density at radius 1 is 1.16 bits per heavy atom. The molecule has 2 atom stereocenters. The first-order valence-corrected chi connectivity index (χ1v) is 9.84. The smallest absolute Gasteiger partial charge is 0.333 e. The topological polar surface area (TPSA) is 68.1 Å². The van der Waals surface area contributed by atoms with Crippen LogP contribution in [0.2, 0.25) is 0 Å². The number of ether oxygens (including phenoxy) is 1. The summed E-state index contributed by atoms with van der Waals surface area (Å²) >= 11 is 0. The SMILES string of the molecule is CCCCCCCCCCCCC(CC=NOC)C1=CC(=O)OC1O. The highest BCUT2D eigenvalue weighted by Gasteiger charge is 2.29. The van der Waals surface area contributed by atoms with Gasteiger partial charge >= 0.3 is 5.97 Å². The van der Waals surface area contributed by atoms with Gasteiger partial charge in [-0.15, -0.1) is 0 Å². The summed E-state index contributed by atoms with van der Waals surface area (Å²) in [6.07, 6.45) is 16.5. The Kier molecular flexibility index (Phi) is 12.0. The number of carbonyl (C=O) groups excluding carboxylic acids is 1. The van der Waals surface area contributed by atoms with Gasteiger partial charge in [-0.2, -0.15) is 0 Å². The average Bonchev–Trinajstić information content (AvgIpc) is 2.93. The fourth-order valence-electron chi connectivity index (χ4n) is 3.28. The van der Waals surface area contributed by atoms with Crippen molar-refractivity contribution in [3.05, 3.63) is 11.6 Å². The molecule has 0 saturated heterocycles. The molecule has 1 rings (SSSR count). The summed E-state index contributed by atoms with van der Waals surface area (Å²) in [4.78, 5) is 16.0. The van der Waals surface area contributed by atoms with E-state index in [-0.39, 0.29) is 5.92 Å². The lowest BCUT2D eigenvalue weighted by Crippen LogP contribution is -2.17. The lowest BCUT2D eigenvalue weighted by Gasteiger charge is -2.18. The average molecular weight is 354 g/mol. The summed E-state index contributed by atoms with van der Waals surface area (Å²) in [7, 11) is 1.50. The van der Waals surface area contributed by atoms with Crippen LogP contribution in [0.3, 0.4) is 0 Å². The predicted octanol–water partition coefficient (Wildman–Crippen LogP) is 4.74. The second-order valence-corrected chi connectivity index (χ2v) is 6.81. The number of cyclic esters (lactones) is 1. The minimum absolute atomic E-state index is 0.0781. The largest absolute Gasteiger partial charge is 0.429 e. The van der Waals surface area contributed by atoms with Crippen LogP contribution in [0.1, 0.15) is 84.0 Å². The molecule has 1 N–H and O–H groups in total. The van der Waals surface area contributed by atoms with E-state index in [0.29, 0.717) is 12.0 Å². The van der Waals surface area contributed by atoms with E-state index in [1.165, 1.54) is 71.0 Å². The zero-order valence-corrected chi connectivity index (χ0v) is 15.9. The monoisotopic (exact) mass is 353 g/mol. The van der Waals surface area contributed by atoms with Gasteiger partial charge < -0.3 is 14.7 Å². The third kappa shape index (κ3) is 9.63. The summed E-state index contributed by atoms with van der Waals surface area (Å²) in [5, 5.41) is 13.6. The Balaban J connectivity index is 2.21. The molecule has 0 amide bonds. The maximum Gasteiger partial charge on any atom is 0.333 e. The van der Waals surface area contributed by atoms with Gasteiger partial charge in [0.2, 0.25) is 6.29 Å². The summed E-state index contributed by atoms with van der Waals surface area (Å²) in [5.74, 6) is -0.381. The summed E-state index contributed by atoms with van der Waals surface area (Å²) in [5.41, 5.74) is 0.670. The Morgan fingerprint density at radius 3 is 2.28 bits per heavy atom. The van der Waals surface area contributed by atoms with Gasteiger partial charge in [0.05, 0.1) is 0 Å². The Morgan fingerprint density at radius 2 is 1.76 bits per heavy atom. The molecule has 0 spiro atoms. The van der Waals surface area contributed by atoms with E-state index in [4.69, 9.17) is 9.57 Å². The third-order valence-corrected chi connectivity index (χ3v) is 4.74. The first-order valence-electron chi connectivity index (χ1n) is 9.84. The van der Waals surface area contributed by atoms with Crippen molar-refractivity contribution in [3.63, 3.8) is 0 Å². The fourth-order valence-corrected chi connectivity index (χ4v) is 3.28. The van der Waals surface area contributed by atoms with Gasteiger partial charge in [0.15, 0.2) is 0 Å². The number of oxime groups is 1. The second-order valence-electron chi connectivity index (χ2n) is 6.81. The van der Waals surface area contributed by atoms with E-state index < -0.39 is 12.3 Å². The van der Waals surface area contributed by atoms with Gasteiger partial charge in [-0.05, 0) is 18.8 Å². The second kappa shape index (κ2) is 13.9. The molecule has 5 heteroatoms. The van der Waals surface area contributed by atoms with Crippen molar-refractivity contribution in [3.8, 4) is 0 Å². The predicted molar refractivity (Wildman–Crippen MR) is 100 cm³/mol. The minimum Gasteiger partial charge on any atom is -0.429 e. The summed E-state index contributed by atoms with van der Waals surface area (Å²) < 4.78 is 4.81. The zero-order chi connectivity index (χ0) is 18.3. The molecule has 25 heavy (non-hydrogen) atoms. The Labute approximate surface area is 152 Å². The molecule has 0 radical (unpaired) electrons. The van der Waals surface area contributed by atoms with Crippen molar-refractivity contribution < 1.29 is 19.5 Å². The third-order valence-electron chi connectivity index (χ3n) is 4.74. The van der Waals surface area contributed by atoms with Crippen molar-refractivity contribution in [1.82, 2.24) is 0 Å². The minimum atomic E-state index is -1.10. The molecule has 2 unspecified atom stereocenters. The van der Waals surface area contributed by atoms with Crippen molar-refractivity contribution in [2.75, 3.05) is 7.11 Å². The first kappa shape index (κ1) is 21.7. The van der Waals surface area contributed by atoms with Gasteiger partial charge in [-0.3, -0.25) is 0 Å². The van der Waals surface area contributed by atoms with E-state index >= 15 is 0 Å². The standard InChI is InChI=1S/C20H35NO4/c1-3-4-5-6-7-8-9-10-11-12-13-17(14-15-21-24-2)18-16-19(22)25-20(18)23/h15-17,20,23H,3-14H2,1-2H3. The number of aliphatic hydroxyl groups excluding tert-OH is 1. The molecule has 0 saturated carbocycles. The molecule has 0 aromatic rings. The number of hydrogen-bond donors (Lipinski definition) is 1. The fraction of sp³-hybridized carbons (Fsp3) is 0.800. The van der Waals surface area contributed by atoms with E-state index in [1.807, 2.05) is 0 Å². The van der Waals surface area contributed by atoms with Crippen molar-refractivity contribution >= 4 is 12.2 Å². The maximum atomic E-state index is 11.3. The van der Waals surface area contributed by atoms with Crippen LogP contribution >= 0.6 is 0 Å². The van der Waals surface area contributed by atoms with Gasteiger partial charge in [-0.1, -0.05) is 76.3 Å². The molecule has 1 aliphatic heterocycles. The molecule has 5 nitrogen and oxygen atoms in total. The zero-order valence-electron chi connectivity index (χ0n) is 15.9. The normalized spacial score (nSPS) is 18.4. The maximum absolute atomic E-state index is 11.3. The Bertz CT molecular complexity index is 420. The van der Waals surface area contributed by atoms with E-state index in [0.717, 1.165) is 12.8 Å². The molecule has 1 heterocycles. The summed E-state index contributed by atoms with van der Waals surface area (Å²) in [6, 6.07) is 0. The highest BCUT2D eigenvalue weighted by molar-refractivity contribution is 5.85. The highest BCUT2D eigenvalue weighted by Crippen LogP contribution is 2.28. The molecule has 0 bridgehead atoms. The van der Waals surface area contributed by atoms with Crippen molar-refractivity contribution in [2.45, 2.75) is 90.3 Å². The highest BCUT2D eigenvalue weighted by atomic mass is 16.6. The van der Waals surface area contributed by atoms with E-state index in [9.17, 15) is 9.90 Å². The number of aliphatic hydroxyl groups is 1. The molecule has 0 aliphatic carbocycles. The van der Waals surface area contributed by atoms with E-state index in [2.05, 4.69) is 12.1 Å².